The number of nitrogens with one attached hydrogen (secondary N) is 1. The molecule has 0 aliphatic heterocycles. The van der Waals surface area contributed by atoms with Crippen LogP contribution in [0.2, 0.25) is 15.5 Å². The molecule has 0 saturated carbocycles. The minimum Gasteiger partial charge on any atom is -0.497 e. The first-order chi connectivity index (χ1) is 16.8. The maximum absolute atomic E-state index is 11.9. The van der Waals surface area contributed by atoms with E-state index in [1.165, 1.54) is 12.1 Å². The van der Waals surface area contributed by atoms with Gasteiger partial charge in [-0.05, 0) is 43.7 Å². The lowest BCUT2D eigenvalue weighted by Gasteiger charge is -2.10. The number of benzene rings is 1. The Balaban J connectivity index is 0.000000397. The number of carbonyl (C=O) groups is 2. The zero-order valence-electron chi connectivity index (χ0n) is 19.0. The number of hydrogen-bond donors (Lipinski definition) is 1. The summed E-state index contributed by atoms with van der Waals surface area (Å²) >= 11 is 16.9. The van der Waals surface area contributed by atoms with Gasteiger partial charge < -0.3 is 19.5 Å². The van der Waals surface area contributed by atoms with Gasteiger partial charge in [-0.2, -0.15) is 0 Å². The van der Waals surface area contributed by atoms with E-state index < -0.39 is 11.9 Å². The van der Waals surface area contributed by atoms with Crippen molar-refractivity contribution in [2.75, 3.05) is 25.6 Å². The molecule has 0 bridgehead atoms. The second-order valence-corrected chi connectivity index (χ2v) is 7.58. The smallest absolute Gasteiger partial charge is 0.342 e. The lowest BCUT2D eigenvalue weighted by Crippen LogP contribution is -2.12. The first-order valence-electron chi connectivity index (χ1n) is 10.2. The Kier molecular flexibility index (Phi) is 13.5. The maximum atomic E-state index is 11.9. The number of halogens is 3. The SMILES string of the molecule is C.CCOC(=O)c1cc(Cl)nnc1Cl.CCOC(=O)c1cc(Cl)nnc1NCc1ccc(OC)cc1. The number of esters is 2. The Morgan fingerprint density at radius 3 is 1.92 bits per heavy atom. The summed E-state index contributed by atoms with van der Waals surface area (Å²) in [5.41, 5.74) is 1.39. The highest BCUT2D eigenvalue weighted by molar-refractivity contribution is 6.33. The van der Waals surface area contributed by atoms with Crippen molar-refractivity contribution in [1.82, 2.24) is 20.4 Å². The topological polar surface area (TPSA) is 125 Å². The second-order valence-electron chi connectivity index (χ2n) is 6.44. The first-order valence-corrected chi connectivity index (χ1v) is 11.3. The fourth-order valence-corrected chi connectivity index (χ4v) is 2.96. The summed E-state index contributed by atoms with van der Waals surface area (Å²) in [5, 5.41) is 17.9. The minimum absolute atomic E-state index is 0. The van der Waals surface area contributed by atoms with Crippen molar-refractivity contribution in [3.63, 3.8) is 0 Å². The molecule has 0 unspecified atom stereocenters. The summed E-state index contributed by atoms with van der Waals surface area (Å²) in [5.74, 6) is 0.0711. The van der Waals surface area contributed by atoms with E-state index in [9.17, 15) is 9.59 Å². The van der Waals surface area contributed by atoms with E-state index in [0.717, 1.165) is 11.3 Å². The highest BCUT2D eigenvalue weighted by Gasteiger charge is 2.16. The first kappa shape index (κ1) is 30.8. The van der Waals surface area contributed by atoms with Gasteiger partial charge in [-0.25, -0.2) is 9.59 Å². The average Bonchev–Trinajstić information content (AvgIpc) is 2.85. The van der Waals surface area contributed by atoms with Gasteiger partial charge in [-0.3, -0.25) is 0 Å². The van der Waals surface area contributed by atoms with E-state index in [-0.39, 0.29) is 47.2 Å². The molecule has 1 N–H and O–H groups in total. The zero-order chi connectivity index (χ0) is 25.8. The molecule has 2 aromatic heterocycles. The van der Waals surface area contributed by atoms with Crippen LogP contribution >= 0.6 is 34.8 Å². The third kappa shape index (κ3) is 9.44. The standard InChI is InChI=1S/C15H16ClN3O3.C7H6Cl2N2O2.CH4/c1-3-22-15(20)12-8-13(16)18-19-14(12)17-9-10-4-6-11(21-2)7-5-10;1-2-13-7(12)4-3-5(8)10-11-6(4)9;/h4-8H,3,9H2,1-2H3,(H,17,19);3H,2H2,1H3;1H4. The summed E-state index contributed by atoms with van der Waals surface area (Å²) in [6.45, 7) is 4.46. The van der Waals surface area contributed by atoms with Crippen LogP contribution in [0.3, 0.4) is 0 Å². The number of nitrogens with zero attached hydrogens (tertiary/aromatic N) is 4. The van der Waals surface area contributed by atoms with Crippen molar-refractivity contribution in [2.24, 2.45) is 0 Å². The highest BCUT2D eigenvalue weighted by Crippen LogP contribution is 2.19. The van der Waals surface area contributed by atoms with Crippen molar-refractivity contribution >= 4 is 52.6 Å². The molecule has 0 aliphatic carbocycles. The largest absolute Gasteiger partial charge is 0.497 e. The molecule has 0 aliphatic rings. The van der Waals surface area contributed by atoms with E-state index >= 15 is 0 Å². The van der Waals surface area contributed by atoms with Crippen LogP contribution < -0.4 is 10.1 Å². The number of hydrogen-bond acceptors (Lipinski definition) is 10. The van der Waals surface area contributed by atoms with Crippen LogP contribution in [0.15, 0.2) is 36.4 Å². The molecule has 0 amide bonds. The van der Waals surface area contributed by atoms with Gasteiger partial charge in [0.05, 0.1) is 20.3 Å². The fraction of sp³-hybridized carbons (Fsp3) is 0.304. The number of ether oxygens (including phenoxy) is 3. The number of anilines is 1. The molecule has 3 rings (SSSR count). The summed E-state index contributed by atoms with van der Waals surface area (Å²) < 4.78 is 14.8. The van der Waals surface area contributed by atoms with E-state index in [0.29, 0.717) is 12.4 Å². The normalized spacial score (nSPS) is 9.72. The molecular formula is C23H26Cl3N5O5. The van der Waals surface area contributed by atoms with Crippen molar-refractivity contribution < 1.29 is 23.8 Å². The molecule has 13 heteroatoms. The molecule has 0 saturated heterocycles. The number of methoxy groups -OCH3 is 1. The van der Waals surface area contributed by atoms with Gasteiger partial charge in [-0.15, -0.1) is 20.4 Å². The average molecular weight is 559 g/mol. The van der Waals surface area contributed by atoms with Gasteiger partial charge in [0.2, 0.25) is 0 Å². The predicted molar refractivity (Wildman–Crippen MR) is 138 cm³/mol. The van der Waals surface area contributed by atoms with Crippen LogP contribution in [-0.2, 0) is 16.0 Å². The lowest BCUT2D eigenvalue weighted by molar-refractivity contribution is 0.0516. The highest BCUT2D eigenvalue weighted by atomic mass is 35.5. The predicted octanol–water partition coefficient (Wildman–Crippen LogP) is 5.52. The van der Waals surface area contributed by atoms with Crippen molar-refractivity contribution in [3.8, 4) is 5.75 Å². The van der Waals surface area contributed by atoms with Crippen LogP contribution in [0.1, 0.15) is 47.6 Å². The van der Waals surface area contributed by atoms with Crippen LogP contribution in [0.5, 0.6) is 5.75 Å². The minimum atomic E-state index is -0.552. The number of carbonyl (C=O) groups excluding carboxylic acids is 2. The molecular weight excluding hydrogens is 533 g/mol. The Morgan fingerprint density at radius 2 is 1.36 bits per heavy atom. The van der Waals surface area contributed by atoms with E-state index in [4.69, 9.17) is 49.0 Å². The van der Waals surface area contributed by atoms with Gasteiger partial charge in [-0.1, -0.05) is 54.4 Å². The van der Waals surface area contributed by atoms with Crippen LogP contribution in [0.25, 0.3) is 0 Å². The van der Waals surface area contributed by atoms with E-state index in [1.807, 2.05) is 24.3 Å². The van der Waals surface area contributed by atoms with Crippen LogP contribution in [0, 0.1) is 0 Å². The molecule has 0 atom stereocenters. The maximum Gasteiger partial charge on any atom is 0.342 e. The fourth-order valence-electron chi connectivity index (χ4n) is 2.50. The molecule has 36 heavy (non-hydrogen) atoms. The van der Waals surface area contributed by atoms with E-state index in [2.05, 4.69) is 25.7 Å². The Morgan fingerprint density at radius 1 is 0.833 bits per heavy atom. The molecule has 10 nitrogen and oxygen atoms in total. The van der Waals surface area contributed by atoms with Crippen molar-refractivity contribution in [1.29, 1.82) is 0 Å². The molecule has 0 fully saturated rings. The van der Waals surface area contributed by atoms with Gasteiger partial charge in [0.25, 0.3) is 0 Å². The number of rotatable bonds is 8. The summed E-state index contributed by atoms with van der Waals surface area (Å²) in [4.78, 5) is 23.1. The Hall–Kier alpha value is -3.21. The summed E-state index contributed by atoms with van der Waals surface area (Å²) in [6, 6.07) is 10.3. The summed E-state index contributed by atoms with van der Waals surface area (Å²) in [7, 11) is 1.61. The van der Waals surface area contributed by atoms with Gasteiger partial charge in [0.15, 0.2) is 21.3 Å². The van der Waals surface area contributed by atoms with E-state index in [1.54, 1.807) is 21.0 Å². The van der Waals surface area contributed by atoms with Crippen LogP contribution in [-0.4, -0.2) is 52.7 Å². The molecule has 3 aromatic rings. The quantitative estimate of drug-likeness (QED) is 0.353. The third-order valence-electron chi connectivity index (χ3n) is 4.09. The van der Waals surface area contributed by atoms with Crippen molar-refractivity contribution in [2.45, 2.75) is 27.8 Å². The van der Waals surface area contributed by atoms with Crippen LogP contribution in [0.4, 0.5) is 5.82 Å². The molecule has 1 aromatic carbocycles. The monoisotopic (exact) mass is 557 g/mol. The van der Waals surface area contributed by atoms with Crippen molar-refractivity contribution in [3.05, 3.63) is 68.5 Å². The third-order valence-corrected chi connectivity index (χ3v) is 4.74. The zero-order valence-corrected chi connectivity index (χ0v) is 21.3. The van der Waals surface area contributed by atoms with Gasteiger partial charge >= 0.3 is 11.9 Å². The molecule has 194 valence electrons. The summed E-state index contributed by atoms with van der Waals surface area (Å²) in [6.07, 6.45) is 0. The Labute approximate surface area is 224 Å². The number of aromatic nitrogens is 4. The molecule has 2 heterocycles. The van der Waals surface area contributed by atoms with Gasteiger partial charge in [0.1, 0.15) is 16.9 Å². The molecule has 0 spiro atoms. The van der Waals surface area contributed by atoms with Gasteiger partial charge in [0, 0.05) is 6.54 Å². The lowest BCUT2D eigenvalue weighted by atomic mass is 10.2. The molecule has 0 radical (unpaired) electrons. The Bertz CT molecular complexity index is 1150. The second kappa shape index (κ2) is 15.7.